The second kappa shape index (κ2) is 5.02. The highest BCUT2D eigenvalue weighted by Crippen LogP contribution is 2.51. The van der Waals surface area contributed by atoms with Crippen LogP contribution >= 0.6 is 0 Å². The maximum Gasteiger partial charge on any atom is 0.253 e. The van der Waals surface area contributed by atoms with Crippen molar-refractivity contribution in [3.8, 4) is 0 Å². The topological polar surface area (TPSA) is 54.0 Å². The summed E-state index contributed by atoms with van der Waals surface area (Å²) in [6.45, 7) is 5.22. The van der Waals surface area contributed by atoms with Crippen LogP contribution < -0.4 is 10.6 Å². The average molecular weight is 283 g/mol. The molecule has 0 aliphatic heterocycles. The van der Waals surface area contributed by atoms with Crippen molar-refractivity contribution in [3.05, 3.63) is 36.0 Å². The molecular weight excluding hydrogens is 262 g/mol. The molecule has 2 N–H and O–H groups in total. The van der Waals surface area contributed by atoms with Gasteiger partial charge in [-0.25, -0.2) is 4.98 Å². The van der Waals surface area contributed by atoms with Crippen LogP contribution in [0.3, 0.4) is 0 Å². The van der Waals surface area contributed by atoms with Gasteiger partial charge in [-0.2, -0.15) is 0 Å². The number of aromatic nitrogens is 1. The van der Waals surface area contributed by atoms with E-state index in [1.807, 2.05) is 31.3 Å². The van der Waals surface area contributed by atoms with Crippen LogP contribution in [-0.4, -0.2) is 24.5 Å². The molecule has 4 heteroatoms. The monoisotopic (exact) mass is 283 g/mol. The molecule has 2 aromatic rings. The lowest BCUT2D eigenvalue weighted by Crippen LogP contribution is -2.27. The average Bonchev–Trinajstić information content (AvgIpc) is 3.11. The third-order valence-electron chi connectivity index (χ3n) is 4.50. The Morgan fingerprint density at radius 2 is 2.00 bits per heavy atom. The van der Waals surface area contributed by atoms with Crippen LogP contribution in [0.25, 0.3) is 10.8 Å². The van der Waals surface area contributed by atoms with E-state index in [1.54, 1.807) is 6.20 Å². The molecule has 1 unspecified atom stereocenters. The third-order valence-corrected chi connectivity index (χ3v) is 4.50. The molecule has 1 heterocycles. The first-order valence-electron chi connectivity index (χ1n) is 7.36. The summed E-state index contributed by atoms with van der Waals surface area (Å²) in [4.78, 5) is 16.8. The van der Waals surface area contributed by atoms with Crippen molar-refractivity contribution in [1.82, 2.24) is 10.3 Å². The van der Waals surface area contributed by atoms with E-state index in [2.05, 4.69) is 29.5 Å². The number of hydrogen-bond donors (Lipinski definition) is 2. The van der Waals surface area contributed by atoms with Crippen molar-refractivity contribution in [2.24, 2.45) is 11.3 Å². The number of fused-ring (bicyclic) bond motifs is 1. The molecule has 21 heavy (non-hydrogen) atoms. The maximum atomic E-state index is 12.4. The Bertz CT molecular complexity index is 693. The fourth-order valence-corrected chi connectivity index (χ4v) is 2.81. The van der Waals surface area contributed by atoms with E-state index in [-0.39, 0.29) is 5.91 Å². The second-order valence-corrected chi connectivity index (χ2v) is 6.42. The van der Waals surface area contributed by atoms with Crippen LogP contribution in [0.4, 0.5) is 5.82 Å². The molecule has 1 aromatic heterocycles. The fraction of sp³-hybridized carbons (Fsp3) is 0.412. The minimum Gasteiger partial charge on any atom is -0.373 e. The lowest BCUT2D eigenvalue weighted by atomic mass is 10.1. The van der Waals surface area contributed by atoms with E-state index in [0.29, 0.717) is 16.9 Å². The van der Waals surface area contributed by atoms with Gasteiger partial charge in [0.15, 0.2) is 0 Å². The maximum absolute atomic E-state index is 12.4. The molecule has 1 amide bonds. The molecule has 110 valence electrons. The lowest BCUT2D eigenvalue weighted by molar-refractivity contribution is 0.0952. The molecule has 1 aliphatic rings. The van der Waals surface area contributed by atoms with E-state index < -0.39 is 0 Å². The summed E-state index contributed by atoms with van der Waals surface area (Å²) < 4.78 is 0. The van der Waals surface area contributed by atoms with Crippen molar-refractivity contribution in [2.45, 2.75) is 20.3 Å². The molecule has 1 aliphatic carbocycles. The number of pyridine rings is 1. The summed E-state index contributed by atoms with van der Waals surface area (Å²) >= 11 is 0. The minimum atomic E-state index is -0.0379. The van der Waals surface area contributed by atoms with Crippen molar-refractivity contribution in [1.29, 1.82) is 0 Å². The van der Waals surface area contributed by atoms with Crippen LogP contribution in [0.2, 0.25) is 0 Å². The van der Waals surface area contributed by atoms with Crippen molar-refractivity contribution < 1.29 is 4.79 Å². The van der Waals surface area contributed by atoms with E-state index in [9.17, 15) is 4.79 Å². The molecule has 0 spiro atoms. The smallest absolute Gasteiger partial charge is 0.253 e. The van der Waals surface area contributed by atoms with E-state index >= 15 is 0 Å². The normalized spacial score (nSPS) is 19.3. The van der Waals surface area contributed by atoms with Crippen LogP contribution in [0.5, 0.6) is 0 Å². The van der Waals surface area contributed by atoms with Crippen LogP contribution in [0.15, 0.2) is 30.5 Å². The van der Waals surface area contributed by atoms with Gasteiger partial charge in [0.25, 0.3) is 5.91 Å². The molecule has 0 saturated heterocycles. The molecular formula is C17H21N3O. The number of carbonyl (C=O) groups is 1. The molecule has 1 fully saturated rings. The standard InChI is InChI=1S/C17H21N3O/c1-17(2)8-11(17)9-20-16(21)14-10-19-15(18-3)13-7-5-4-6-12(13)14/h4-7,10-11H,8-9H2,1-3H3,(H,18,19)(H,20,21). The number of anilines is 1. The highest BCUT2D eigenvalue weighted by Gasteiger charge is 2.45. The van der Waals surface area contributed by atoms with Gasteiger partial charge in [0.05, 0.1) is 5.56 Å². The van der Waals surface area contributed by atoms with Crippen molar-refractivity contribution in [3.63, 3.8) is 0 Å². The zero-order valence-corrected chi connectivity index (χ0v) is 12.7. The van der Waals surface area contributed by atoms with Gasteiger partial charge in [0, 0.05) is 25.2 Å². The van der Waals surface area contributed by atoms with Crippen molar-refractivity contribution >= 4 is 22.5 Å². The largest absolute Gasteiger partial charge is 0.373 e. The van der Waals surface area contributed by atoms with Gasteiger partial charge >= 0.3 is 0 Å². The van der Waals surface area contributed by atoms with Crippen LogP contribution in [-0.2, 0) is 0 Å². The summed E-state index contributed by atoms with van der Waals surface area (Å²) in [6.07, 6.45) is 2.84. The van der Waals surface area contributed by atoms with Gasteiger partial charge in [-0.3, -0.25) is 4.79 Å². The first kappa shape index (κ1) is 13.9. The first-order valence-corrected chi connectivity index (χ1v) is 7.36. The molecule has 0 radical (unpaired) electrons. The van der Waals surface area contributed by atoms with Gasteiger partial charge in [-0.1, -0.05) is 38.1 Å². The minimum absolute atomic E-state index is 0.0379. The van der Waals surface area contributed by atoms with Gasteiger partial charge in [0.2, 0.25) is 0 Å². The third kappa shape index (κ3) is 2.58. The Hall–Kier alpha value is -2.10. The fourth-order valence-electron chi connectivity index (χ4n) is 2.81. The first-order chi connectivity index (χ1) is 10.0. The number of nitrogens with one attached hydrogen (secondary N) is 2. The van der Waals surface area contributed by atoms with Crippen LogP contribution in [0, 0.1) is 11.3 Å². The second-order valence-electron chi connectivity index (χ2n) is 6.42. The molecule has 3 rings (SSSR count). The zero-order chi connectivity index (χ0) is 15.0. The Kier molecular flexibility index (Phi) is 3.32. The SMILES string of the molecule is CNc1ncc(C(=O)NCC2CC2(C)C)c2ccccc12. The summed E-state index contributed by atoms with van der Waals surface area (Å²) in [7, 11) is 1.84. The summed E-state index contributed by atoms with van der Waals surface area (Å²) in [5.41, 5.74) is 1.02. The van der Waals surface area contributed by atoms with E-state index in [4.69, 9.17) is 0 Å². The number of hydrogen-bond acceptors (Lipinski definition) is 3. The Morgan fingerprint density at radius 1 is 1.33 bits per heavy atom. The number of rotatable bonds is 4. The molecule has 4 nitrogen and oxygen atoms in total. The number of carbonyl (C=O) groups excluding carboxylic acids is 1. The summed E-state index contributed by atoms with van der Waals surface area (Å²) in [5, 5.41) is 8.02. The number of benzene rings is 1. The lowest BCUT2D eigenvalue weighted by Gasteiger charge is -2.11. The molecule has 1 atom stereocenters. The summed E-state index contributed by atoms with van der Waals surface area (Å²) in [6, 6.07) is 7.85. The Morgan fingerprint density at radius 3 is 2.62 bits per heavy atom. The van der Waals surface area contributed by atoms with E-state index in [0.717, 1.165) is 23.1 Å². The zero-order valence-electron chi connectivity index (χ0n) is 12.7. The predicted molar refractivity (Wildman–Crippen MR) is 85.5 cm³/mol. The van der Waals surface area contributed by atoms with Gasteiger partial charge in [0.1, 0.15) is 5.82 Å². The summed E-state index contributed by atoms with van der Waals surface area (Å²) in [5.74, 6) is 1.35. The predicted octanol–water partition coefficient (Wildman–Crippen LogP) is 3.05. The highest BCUT2D eigenvalue weighted by atomic mass is 16.1. The highest BCUT2D eigenvalue weighted by molar-refractivity contribution is 6.09. The van der Waals surface area contributed by atoms with Gasteiger partial charge in [-0.05, 0) is 23.1 Å². The number of nitrogens with zero attached hydrogens (tertiary/aromatic N) is 1. The molecule has 1 saturated carbocycles. The Balaban J connectivity index is 1.85. The molecule has 0 bridgehead atoms. The molecule has 1 aromatic carbocycles. The van der Waals surface area contributed by atoms with Crippen LogP contribution in [0.1, 0.15) is 30.6 Å². The van der Waals surface area contributed by atoms with E-state index in [1.165, 1.54) is 6.42 Å². The quantitative estimate of drug-likeness (QED) is 0.906. The number of amides is 1. The van der Waals surface area contributed by atoms with Crippen molar-refractivity contribution in [2.75, 3.05) is 18.9 Å². The van der Waals surface area contributed by atoms with Gasteiger partial charge in [-0.15, -0.1) is 0 Å². The Labute approximate surface area is 125 Å². The van der Waals surface area contributed by atoms with Gasteiger partial charge < -0.3 is 10.6 Å².